The van der Waals surface area contributed by atoms with Gasteiger partial charge in [0.2, 0.25) is 5.91 Å². The summed E-state index contributed by atoms with van der Waals surface area (Å²) in [5.74, 6) is 0.394. The highest BCUT2D eigenvalue weighted by atomic mass is 28.4. The van der Waals surface area contributed by atoms with E-state index in [1.807, 2.05) is 36.2 Å². The van der Waals surface area contributed by atoms with E-state index in [1.54, 1.807) is 56.0 Å². The van der Waals surface area contributed by atoms with Gasteiger partial charge in [0.15, 0.2) is 8.32 Å². The van der Waals surface area contributed by atoms with Crippen molar-refractivity contribution >= 4 is 42.2 Å². The predicted octanol–water partition coefficient (Wildman–Crippen LogP) is 5.63. The molecule has 11 nitrogen and oxygen atoms in total. The molecule has 2 fully saturated rings. The van der Waals surface area contributed by atoms with E-state index in [-0.39, 0.29) is 22.5 Å². The molecular formula is C40H45FN6O5Si. The number of pyridine rings is 3. The maximum absolute atomic E-state index is 15.3. The summed E-state index contributed by atoms with van der Waals surface area (Å²) in [6.07, 6.45) is 8.25. The number of carbonyl (C=O) groups excluding carboxylic acids is 1. The molecule has 1 saturated carbocycles. The van der Waals surface area contributed by atoms with Crippen LogP contribution in [0.4, 0.5) is 21.6 Å². The molecule has 0 atom stereocenters. The summed E-state index contributed by atoms with van der Waals surface area (Å²) in [4.78, 5) is 58.4. The first-order chi connectivity index (χ1) is 25.4. The lowest BCUT2D eigenvalue weighted by Gasteiger charge is -2.36. The number of hydrogen-bond donors (Lipinski definition) is 3. The van der Waals surface area contributed by atoms with Crippen molar-refractivity contribution in [2.24, 2.45) is 7.05 Å². The van der Waals surface area contributed by atoms with E-state index in [1.165, 1.54) is 15.2 Å². The molecule has 1 aliphatic carbocycles. The Balaban J connectivity index is 1.09. The number of anilines is 3. The smallest absolute Gasteiger partial charge is 0.274 e. The number of halogens is 1. The summed E-state index contributed by atoms with van der Waals surface area (Å²) in [7, 11) is -0.511. The first-order valence-electron chi connectivity index (χ1n) is 18.2. The Morgan fingerprint density at radius 3 is 2.47 bits per heavy atom. The predicted molar refractivity (Wildman–Crippen MR) is 208 cm³/mol. The Labute approximate surface area is 308 Å². The molecule has 276 valence electrons. The first kappa shape index (κ1) is 36.3. The number of amides is 1. The Hall–Kier alpha value is -5.11. The molecule has 4 heterocycles. The Kier molecular flexibility index (Phi) is 10.1. The summed E-state index contributed by atoms with van der Waals surface area (Å²) >= 11 is 0. The summed E-state index contributed by atoms with van der Waals surface area (Å²) in [5.41, 5.74) is 3.41. The summed E-state index contributed by atoms with van der Waals surface area (Å²) in [5, 5.41) is 14.3. The highest BCUT2D eigenvalue weighted by molar-refractivity contribution is 6.69. The van der Waals surface area contributed by atoms with Crippen molar-refractivity contribution in [2.45, 2.75) is 57.3 Å². The fourth-order valence-electron chi connectivity index (χ4n) is 7.21. The van der Waals surface area contributed by atoms with Gasteiger partial charge in [-0.2, -0.15) is 0 Å². The number of aromatic nitrogens is 3. The second kappa shape index (κ2) is 14.7. The monoisotopic (exact) mass is 736 g/mol. The van der Waals surface area contributed by atoms with Gasteiger partial charge in [-0.25, -0.2) is 9.37 Å². The molecule has 0 unspecified atom stereocenters. The van der Waals surface area contributed by atoms with Crippen LogP contribution in [-0.2, 0) is 18.4 Å². The topological polar surface area (TPSA) is 133 Å². The number of aliphatic hydroxyl groups is 1. The Morgan fingerprint density at radius 1 is 1.02 bits per heavy atom. The molecule has 1 saturated heterocycles. The van der Waals surface area contributed by atoms with Gasteiger partial charge < -0.3 is 29.6 Å². The van der Waals surface area contributed by atoms with Crippen LogP contribution in [0.15, 0.2) is 82.8 Å². The first-order valence-corrected chi connectivity index (χ1v) is 21.3. The van der Waals surface area contributed by atoms with Gasteiger partial charge in [-0.15, -0.1) is 0 Å². The Bertz CT molecular complexity index is 2290. The van der Waals surface area contributed by atoms with E-state index >= 15 is 4.39 Å². The number of nitrogens with one attached hydrogen (secondary N) is 1. The number of carbonyl (C=O) groups is 1. The molecule has 1 amide bonds. The van der Waals surface area contributed by atoms with E-state index in [9.17, 15) is 24.3 Å². The Morgan fingerprint density at radius 2 is 1.79 bits per heavy atom. The third-order valence-electron chi connectivity index (χ3n) is 10.3. The molecule has 13 heteroatoms. The minimum Gasteiger partial charge on any atom is -0.432 e. The van der Waals surface area contributed by atoms with Crippen LogP contribution in [0.25, 0.3) is 27.6 Å². The van der Waals surface area contributed by atoms with Crippen LogP contribution in [0.5, 0.6) is 0 Å². The normalized spacial score (nSPS) is 14.9. The quantitative estimate of drug-likeness (QED) is 0.149. The largest absolute Gasteiger partial charge is 0.432 e. The van der Waals surface area contributed by atoms with Crippen LogP contribution in [0.1, 0.15) is 42.7 Å². The van der Waals surface area contributed by atoms with E-state index < -0.39 is 26.3 Å². The van der Waals surface area contributed by atoms with Crippen LogP contribution in [0.2, 0.25) is 19.1 Å². The van der Waals surface area contributed by atoms with E-state index in [0.29, 0.717) is 78.5 Å². The van der Waals surface area contributed by atoms with Crippen molar-refractivity contribution in [3.05, 3.63) is 111 Å². The molecular weight excluding hydrogens is 692 g/mol. The number of benzene rings is 2. The maximum Gasteiger partial charge on any atom is 0.274 e. The summed E-state index contributed by atoms with van der Waals surface area (Å²) < 4.78 is 18.1. The third kappa shape index (κ3) is 7.82. The highest BCUT2D eigenvalue weighted by Gasteiger charge is 2.26. The van der Waals surface area contributed by atoms with Gasteiger partial charge in [0, 0.05) is 63.2 Å². The zero-order valence-electron chi connectivity index (χ0n) is 30.3. The lowest BCUT2D eigenvalue weighted by atomic mass is 9.98. The molecule has 0 spiro atoms. The third-order valence-corrected chi connectivity index (χ3v) is 11.9. The molecule has 1 aliphatic heterocycles. The molecule has 5 aromatic rings. The molecule has 3 aromatic heterocycles. The van der Waals surface area contributed by atoms with Gasteiger partial charge in [-0.05, 0) is 97.2 Å². The van der Waals surface area contributed by atoms with E-state index in [2.05, 4.69) is 15.2 Å². The second-order valence-corrected chi connectivity index (χ2v) is 18.9. The number of aryl methyl sites for hydroxylation is 1. The number of fused-ring (bicyclic) bond motifs is 1. The fraction of sp³-hybridized carbons (Fsp3) is 0.350. The van der Waals surface area contributed by atoms with Crippen LogP contribution >= 0.6 is 0 Å². The average Bonchev–Trinajstić information content (AvgIpc) is 3.99. The van der Waals surface area contributed by atoms with Crippen molar-refractivity contribution in [3.63, 3.8) is 0 Å². The van der Waals surface area contributed by atoms with Crippen molar-refractivity contribution in [1.29, 1.82) is 0 Å². The number of rotatable bonds is 11. The van der Waals surface area contributed by atoms with E-state index in [0.717, 1.165) is 30.1 Å². The van der Waals surface area contributed by atoms with Crippen molar-refractivity contribution in [3.8, 4) is 16.8 Å². The molecule has 7 rings (SSSR count). The zero-order valence-corrected chi connectivity index (χ0v) is 31.3. The molecule has 2 aromatic carbocycles. The number of nitrogens with zero attached hydrogens (tertiary/aromatic N) is 5. The molecule has 0 bridgehead atoms. The molecule has 2 aliphatic rings. The van der Waals surface area contributed by atoms with Crippen molar-refractivity contribution in [2.75, 3.05) is 36.4 Å². The maximum atomic E-state index is 15.3. The van der Waals surface area contributed by atoms with Crippen molar-refractivity contribution < 1.29 is 19.1 Å². The fourth-order valence-corrected chi connectivity index (χ4v) is 8.25. The van der Waals surface area contributed by atoms with Gasteiger partial charge in [0.25, 0.3) is 11.1 Å². The van der Waals surface area contributed by atoms with Gasteiger partial charge in [0.05, 0.1) is 29.6 Å². The minimum atomic E-state index is -2.15. The molecule has 0 radical (unpaired) electrons. The summed E-state index contributed by atoms with van der Waals surface area (Å²) in [6, 6.07) is 16.5. The number of hydrogen-bond acceptors (Lipinski definition) is 8. The lowest BCUT2D eigenvalue weighted by molar-refractivity contribution is -0.131. The summed E-state index contributed by atoms with van der Waals surface area (Å²) in [6.45, 7) is 5.97. The second-order valence-electron chi connectivity index (χ2n) is 14.8. The zero-order chi connectivity index (χ0) is 37.4. The van der Waals surface area contributed by atoms with Gasteiger partial charge in [-0.1, -0.05) is 18.2 Å². The molecule has 3 N–H and O–H groups in total. The van der Waals surface area contributed by atoms with E-state index in [4.69, 9.17) is 0 Å². The van der Waals surface area contributed by atoms with Crippen LogP contribution in [0.3, 0.4) is 0 Å². The SMILES string of the molecule is Cn1cc(-c2cccc(-n3ccc4cc(C5CC5)cc(F)c4c3=O)c2CO)cc(Nc2ccc(N3CCN(C(=O)CCC[Si](C)(C)O)CC3)cn2)c1=O. The van der Waals surface area contributed by atoms with Gasteiger partial charge >= 0.3 is 0 Å². The van der Waals surface area contributed by atoms with Gasteiger partial charge in [0.1, 0.15) is 17.3 Å². The molecule has 53 heavy (non-hydrogen) atoms. The highest BCUT2D eigenvalue weighted by Crippen LogP contribution is 2.41. The van der Waals surface area contributed by atoms with Crippen LogP contribution in [0, 0.1) is 5.82 Å². The lowest BCUT2D eigenvalue weighted by Crippen LogP contribution is -2.48. The average molecular weight is 737 g/mol. The standard InChI is InChI=1S/C40H45FN6O5Si/c1-44-24-29(31-6-4-7-35(32(31)25-48)47-14-13-27-20-28(26-9-10-26)21-33(41)38(27)40(47)51)22-34(39(44)50)43-36-12-11-30(23-42-36)45-15-17-46(18-16-45)37(49)8-5-19-53(2,3)52/h4,6-7,11-14,20-24,26,48,52H,5,8-10,15-19,25H2,1-3H3,(H,42,43). The van der Waals surface area contributed by atoms with Crippen molar-refractivity contribution in [1.82, 2.24) is 19.0 Å². The minimum absolute atomic E-state index is 0.00589. The van der Waals surface area contributed by atoms with Gasteiger partial charge in [-0.3, -0.25) is 19.0 Å². The van der Waals surface area contributed by atoms with Crippen LogP contribution in [-0.4, -0.2) is 69.3 Å². The number of piperazine rings is 1. The number of aliphatic hydroxyl groups excluding tert-OH is 1. The van der Waals surface area contributed by atoms with Crippen LogP contribution < -0.4 is 21.3 Å².